The van der Waals surface area contributed by atoms with E-state index in [-0.39, 0.29) is 0 Å². The topological polar surface area (TPSA) is 49.8 Å². The van der Waals surface area contributed by atoms with Crippen molar-refractivity contribution in [3.05, 3.63) is 35.8 Å². The largest absolute Gasteiger partial charge is 0.299 e. The smallest absolute Gasteiger partial charge is 0.223 e. The minimum absolute atomic E-state index is 0.754. The SMILES string of the molecule is c1ccc(NNc2nncs2)cc1. The van der Waals surface area contributed by atoms with Gasteiger partial charge in [-0.05, 0) is 12.1 Å². The van der Waals surface area contributed by atoms with Crippen LogP contribution in [0.2, 0.25) is 0 Å². The van der Waals surface area contributed by atoms with Crippen LogP contribution < -0.4 is 10.9 Å². The van der Waals surface area contributed by atoms with E-state index < -0.39 is 0 Å². The van der Waals surface area contributed by atoms with Crippen molar-refractivity contribution in [1.29, 1.82) is 0 Å². The molecule has 0 fully saturated rings. The summed E-state index contributed by atoms with van der Waals surface area (Å²) in [5.41, 5.74) is 8.61. The quantitative estimate of drug-likeness (QED) is 0.730. The van der Waals surface area contributed by atoms with Crippen LogP contribution in [-0.4, -0.2) is 10.2 Å². The number of anilines is 2. The minimum Gasteiger partial charge on any atom is -0.299 e. The summed E-state index contributed by atoms with van der Waals surface area (Å²) in [6.07, 6.45) is 0. The third-order valence-corrected chi connectivity index (χ3v) is 2.05. The van der Waals surface area contributed by atoms with Gasteiger partial charge in [-0.2, -0.15) is 0 Å². The first kappa shape index (κ1) is 8.00. The molecule has 2 aromatic rings. The fourth-order valence-corrected chi connectivity index (χ4v) is 1.27. The highest BCUT2D eigenvalue weighted by atomic mass is 32.1. The van der Waals surface area contributed by atoms with E-state index in [4.69, 9.17) is 0 Å². The van der Waals surface area contributed by atoms with E-state index in [0.29, 0.717) is 0 Å². The van der Waals surface area contributed by atoms with Crippen LogP contribution >= 0.6 is 11.3 Å². The average Bonchev–Trinajstić information content (AvgIpc) is 2.69. The van der Waals surface area contributed by atoms with Gasteiger partial charge in [0.25, 0.3) is 0 Å². The molecule has 4 nitrogen and oxygen atoms in total. The molecule has 0 radical (unpaired) electrons. The van der Waals surface area contributed by atoms with Crippen molar-refractivity contribution >= 4 is 22.2 Å². The Morgan fingerprint density at radius 2 is 1.92 bits per heavy atom. The first-order chi connectivity index (χ1) is 6.45. The number of hydrogen-bond donors (Lipinski definition) is 2. The van der Waals surface area contributed by atoms with Crippen LogP contribution in [0.15, 0.2) is 35.8 Å². The Labute approximate surface area is 79.6 Å². The molecule has 1 aromatic carbocycles. The molecule has 0 aliphatic carbocycles. The van der Waals surface area contributed by atoms with Crippen molar-refractivity contribution in [2.24, 2.45) is 0 Å². The van der Waals surface area contributed by atoms with Crippen molar-refractivity contribution in [2.75, 3.05) is 10.9 Å². The zero-order valence-corrected chi connectivity index (χ0v) is 7.58. The molecule has 0 atom stereocenters. The summed E-state index contributed by atoms with van der Waals surface area (Å²) >= 11 is 1.45. The summed E-state index contributed by atoms with van der Waals surface area (Å²) in [5.74, 6) is 0. The van der Waals surface area contributed by atoms with E-state index in [9.17, 15) is 0 Å². The van der Waals surface area contributed by atoms with E-state index in [0.717, 1.165) is 10.8 Å². The lowest BCUT2D eigenvalue weighted by Crippen LogP contribution is -2.07. The van der Waals surface area contributed by atoms with E-state index in [2.05, 4.69) is 21.0 Å². The van der Waals surface area contributed by atoms with Crippen molar-refractivity contribution in [3.8, 4) is 0 Å². The molecule has 0 unspecified atom stereocenters. The van der Waals surface area contributed by atoms with Gasteiger partial charge in [0.05, 0.1) is 5.69 Å². The molecular weight excluding hydrogens is 184 g/mol. The highest BCUT2D eigenvalue weighted by molar-refractivity contribution is 7.13. The van der Waals surface area contributed by atoms with E-state index in [1.807, 2.05) is 30.3 Å². The number of rotatable bonds is 3. The van der Waals surface area contributed by atoms with Gasteiger partial charge in [0, 0.05) is 0 Å². The lowest BCUT2D eigenvalue weighted by molar-refractivity contribution is 1.09. The molecule has 13 heavy (non-hydrogen) atoms. The van der Waals surface area contributed by atoms with Crippen molar-refractivity contribution in [3.63, 3.8) is 0 Å². The monoisotopic (exact) mass is 192 g/mol. The van der Waals surface area contributed by atoms with Crippen LogP contribution in [0.3, 0.4) is 0 Å². The Kier molecular flexibility index (Phi) is 2.38. The predicted molar refractivity (Wildman–Crippen MR) is 53.6 cm³/mol. The fraction of sp³-hybridized carbons (Fsp3) is 0. The van der Waals surface area contributed by atoms with Crippen molar-refractivity contribution in [2.45, 2.75) is 0 Å². The highest BCUT2D eigenvalue weighted by Crippen LogP contribution is 2.10. The Morgan fingerprint density at radius 1 is 1.08 bits per heavy atom. The van der Waals surface area contributed by atoms with Crippen LogP contribution in [0.25, 0.3) is 0 Å². The molecule has 0 amide bonds. The van der Waals surface area contributed by atoms with Gasteiger partial charge in [-0.3, -0.25) is 10.9 Å². The maximum absolute atomic E-state index is 3.83. The zero-order valence-electron chi connectivity index (χ0n) is 6.77. The molecule has 0 spiro atoms. The van der Waals surface area contributed by atoms with E-state index in [1.165, 1.54) is 11.3 Å². The summed E-state index contributed by atoms with van der Waals surface area (Å²) in [6.45, 7) is 0. The molecule has 0 aliphatic rings. The maximum atomic E-state index is 3.83. The first-order valence-corrected chi connectivity index (χ1v) is 4.66. The predicted octanol–water partition coefficient (Wildman–Crippen LogP) is 1.98. The molecule has 1 heterocycles. The second-order valence-corrected chi connectivity index (χ2v) is 3.19. The second kappa shape index (κ2) is 3.86. The number of hydrazine groups is 1. The molecule has 0 bridgehead atoms. The van der Waals surface area contributed by atoms with Gasteiger partial charge in [0.15, 0.2) is 0 Å². The van der Waals surface area contributed by atoms with Gasteiger partial charge in [-0.1, -0.05) is 29.5 Å². The lowest BCUT2D eigenvalue weighted by atomic mass is 10.3. The van der Waals surface area contributed by atoms with Crippen LogP contribution in [0.4, 0.5) is 10.8 Å². The maximum Gasteiger partial charge on any atom is 0.223 e. The Hall–Kier alpha value is -1.62. The molecule has 1 aromatic heterocycles. The van der Waals surface area contributed by atoms with Gasteiger partial charge >= 0.3 is 0 Å². The molecule has 0 saturated heterocycles. The fourth-order valence-electron chi connectivity index (χ4n) is 0.875. The summed E-state index contributed by atoms with van der Waals surface area (Å²) in [7, 11) is 0. The van der Waals surface area contributed by atoms with Crippen LogP contribution in [0, 0.1) is 0 Å². The highest BCUT2D eigenvalue weighted by Gasteiger charge is 1.93. The van der Waals surface area contributed by atoms with Gasteiger partial charge in [0.2, 0.25) is 5.13 Å². The standard InChI is InChI=1S/C8H8N4S/c1-2-4-7(5-3-1)10-12-8-11-9-6-13-8/h1-6,10H,(H,11,12). The molecule has 2 rings (SSSR count). The van der Waals surface area contributed by atoms with Gasteiger partial charge in [-0.25, -0.2) is 0 Å². The van der Waals surface area contributed by atoms with Crippen LogP contribution in [-0.2, 0) is 0 Å². The second-order valence-electron chi connectivity index (χ2n) is 2.36. The zero-order chi connectivity index (χ0) is 8.93. The Bertz CT molecular complexity index is 346. The molecule has 2 N–H and O–H groups in total. The summed E-state index contributed by atoms with van der Waals surface area (Å²) < 4.78 is 0. The molecule has 0 aliphatic heterocycles. The van der Waals surface area contributed by atoms with Crippen molar-refractivity contribution < 1.29 is 0 Å². The summed E-state index contributed by atoms with van der Waals surface area (Å²) in [5, 5.41) is 8.28. The Morgan fingerprint density at radius 3 is 2.62 bits per heavy atom. The average molecular weight is 192 g/mol. The minimum atomic E-state index is 0.754. The van der Waals surface area contributed by atoms with Crippen LogP contribution in [0.1, 0.15) is 0 Å². The molecule has 5 heteroatoms. The number of para-hydroxylation sites is 1. The number of nitrogens with zero attached hydrogens (tertiary/aromatic N) is 2. The van der Waals surface area contributed by atoms with Gasteiger partial charge in [0.1, 0.15) is 5.51 Å². The third-order valence-electron chi connectivity index (χ3n) is 1.45. The van der Waals surface area contributed by atoms with E-state index >= 15 is 0 Å². The molecule has 66 valence electrons. The number of nitrogens with one attached hydrogen (secondary N) is 2. The normalized spacial score (nSPS) is 9.54. The summed E-state index contributed by atoms with van der Waals surface area (Å²) in [6, 6.07) is 9.83. The number of hydrogen-bond acceptors (Lipinski definition) is 5. The summed E-state index contributed by atoms with van der Waals surface area (Å²) in [4.78, 5) is 0. The lowest BCUT2D eigenvalue weighted by Gasteiger charge is -2.04. The van der Waals surface area contributed by atoms with Crippen LogP contribution in [0.5, 0.6) is 0 Å². The van der Waals surface area contributed by atoms with Gasteiger partial charge < -0.3 is 0 Å². The van der Waals surface area contributed by atoms with Crippen molar-refractivity contribution in [1.82, 2.24) is 10.2 Å². The van der Waals surface area contributed by atoms with Gasteiger partial charge in [-0.15, -0.1) is 10.2 Å². The molecular formula is C8H8N4S. The number of aromatic nitrogens is 2. The number of benzene rings is 1. The molecule has 0 saturated carbocycles. The first-order valence-electron chi connectivity index (χ1n) is 3.78. The third kappa shape index (κ3) is 2.16. The van der Waals surface area contributed by atoms with E-state index in [1.54, 1.807) is 5.51 Å². The Balaban J connectivity index is 1.94.